The second-order valence-electron chi connectivity index (χ2n) is 6.38. The minimum absolute atomic E-state index is 0.0255. The number of hydrogen-bond donors (Lipinski definition) is 1. The van der Waals surface area contributed by atoms with Crippen LogP contribution in [0.25, 0.3) is 0 Å². The van der Waals surface area contributed by atoms with Crippen LogP contribution in [0.5, 0.6) is 0 Å². The van der Waals surface area contributed by atoms with Crippen molar-refractivity contribution >= 4 is 5.91 Å². The summed E-state index contributed by atoms with van der Waals surface area (Å²) in [5.74, 6) is 1.06. The molecule has 0 aromatic carbocycles. The first-order valence-electron chi connectivity index (χ1n) is 7.51. The lowest BCUT2D eigenvalue weighted by molar-refractivity contribution is -0.120. The van der Waals surface area contributed by atoms with Crippen molar-refractivity contribution in [3.8, 4) is 0 Å². The predicted molar refractivity (Wildman–Crippen MR) is 81.8 cm³/mol. The Morgan fingerprint density at radius 2 is 1.50 bits per heavy atom. The number of carbonyl (C=O) groups excluding carboxylic acids is 1. The minimum Gasteiger partial charge on any atom is -0.352 e. The van der Waals surface area contributed by atoms with E-state index >= 15 is 0 Å². The molecule has 1 rings (SSSR count). The average Bonchev–Trinajstić information content (AvgIpc) is 2.16. The zero-order chi connectivity index (χ0) is 14.6. The average molecular weight is 257 g/mol. The molecule has 18 heavy (non-hydrogen) atoms. The third-order valence-corrected chi connectivity index (χ3v) is 2.44. The molecule has 0 saturated heterocycles. The second kappa shape index (κ2) is 11.6. The zero-order valence-corrected chi connectivity index (χ0v) is 13.7. The maximum atomic E-state index is 10.3. The molecule has 1 amide bonds. The van der Waals surface area contributed by atoms with Gasteiger partial charge in [-0.15, -0.1) is 0 Å². The highest BCUT2D eigenvalue weighted by atomic mass is 16.1. The Labute approximate surface area is 115 Å². The molecule has 1 fully saturated rings. The zero-order valence-electron chi connectivity index (χ0n) is 13.7. The summed E-state index contributed by atoms with van der Waals surface area (Å²) in [7, 11) is 0. The highest BCUT2D eigenvalue weighted by molar-refractivity contribution is 5.73. The minimum atomic E-state index is -0.0775. The molecule has 0 aromatic rings. The lowest BCUT2D eigenvalue weighted by Gasteiger charge is -2.18. The van der Waals surface area contributed by atoms with E-state index in [9.17, 15) is 4.79 Å². The number of nitrogens with one attached hydrogen (secondary N) is 1. The lowest BCUT2D eigenvalue weighted by Crippen LogP contribution is -2.38. The molecule has 0 aromatic heterocycles. The SMILES string of the molecule is CC(=O)NC(C)(C)C.CC1CCCCC1.CCC. The molecule has 0 bridgehead atoms. The third-order valence-electron chi connectivity index (χ3n) is 2.44. The quantitative estimate of drug-likeness (QED) is 0.655. The van der Waals surface area contributed by atoms with E-state index in [1.54, 1.807) is 0 Å². The van der Waals surface area contributed by atoms with Crippen molar-refractivity contribution in [1.82, 2.24) is 5.32 Å². The second-order valence-corrected chi connectivity index (χ2v) is 6.38. The molecule has 2 nitrogen and oxygen atoms in total. The molecule has 0 unspecified atom stereocenters. The molecule has 110 valence electrons. The Bertz CT molecular complexity index is 188. The number of carbonyl (C=O) groups is 1. The summed E-state index contributed by atoms with van der Waals surface area (Å²) in [6.07, 6.45) is 8.69. The van der Waals surface area contributed by atoms with Crippen LogP contribution < -0.4 is 5.32 Å². The van der Waals surface area contributed by atoms with Gasteiger partial charge in [0.1, 0.15) is 0 Å². The first-order chi connectivity index (χ1) is 8.22. The molecular formula is C16H35NO. The maximum absolute atomic E-state index is 10.3. The van der Waals surface area contributed by atoms with Gasteiger partial charge >= 0.3 is 0 Å². The van der Waals surface area contributed by atoms with E-state index < -0.39 is 0 Å². The Morgan fingerprint density at radius 1 is 1.11 bits per heavy atom. The molecule has 1 aliphatic rings. The normalized spacial score (nSPS) is 15.7. The van der Waals surface area contributed by atoms with Gasteiger partial charge in [0.25, 0.3) is 0 Å². The topological polar surface area (TPSA) is 29.1 Å². The van der Waals surface area contributed by atoms with E-state index in [1.807, 2.05) is 20.8 Å². The van der Waals surface area contributed by atoms with E-state index in [4.69, 9.17) is 0 Å². The Morgan fingerprint density at radius 3 is 1.61 bits per heavy atom. The van der Waals surface area contributed by atoms with Gasteiger partial charge in [0.05, 0.1) is 0 Å². The van der Waals surface area contributed by atoms with E-state index in [-0.39, 0.29) is 11.4 Å². The highest BCUT2D eigenvalue weighted by Gasteiger charge is 2.08. The molecule has 2 heteroatoms. The summed E-state index contributed by atoms with van der Waals surface area (Å²) in [6, 6.07) is 0. The van der Waals surface area contributed by atoms with Crippen LogP contribution in [0.15, 0.2) is 0 Å². The summed E-state index contributed by atoms with van der Waals surface area (Å²) in [5.41, 5.74) is -0.0775. The van der Waals surface area contributed by atoms with Crippen molar-refractivity contribution in [2.75, 3.05) is 0 Å². The molecule has 0 heterocycles. The van der Waals surface area contributed by atoms with E-state index in [0.29, 0.717) is 0 Å². The van der Waals surface area contributed by atoms with Crippen molar-refractivity contribution < 1.29 is 4.79 Å². The van der Waals surface area contributed by atoms with E-state index in [0.717, 1.165) is 5.92 Å². The molecule has 0 radical (unpaired) electrons. The summed E-state index contributed by atoms with van der Waals surface area (Å²) in [5, 5.41) is 2.74. The largest absolute Gasteiger partial charge is 0.352 e. The van der Waals surface area contributed by atoms with Crippen molar-refractivity contribution in [2.45, 2.75) is 92.5 Å². The van der Waals surface area contributed by atoms with E-state index in [2.05, 4.69) is 26.1 Å². The van der Waals surface area contributed by atoms with Gasteiger partial charge in [0.15, 0.2) is 0 Å². The predicted octanol–water partition coefficient (Wildman–Crippen LogP) is 4.92. The van der Waals surface area contributed by atoms with Crippen LogP contribution in [0.2, 0.25) is 0 Å². The van der Waals surface area contributed by atoms with Gasteiger partial charge in [-0.25, -0.2) is 0 Å². The lowest BCUT2D eigenvalue weighted by atomic mass is 9.91. The molecule has 1 saturated carbocycles. The van der Waals surface area contributed by atoms with Crippen LogP contribution in [0, 0.1) is 5.92 Å². The summed E-state index contributed by atoms with van der Waals surface area (Å²) in [4.78, 5) is 10.3. The summed E-state index contributed by atoms with van der Waals surface area (Å²) in [6.45, 7) is 14.0. The van der Waals surface area contributed by atoms with Crippen LogP contribution in [0.4, 0.5) is 0 Å². The molecule has 1 aliphatic carbocycles. The maximum Gasteiger partial charge on any atom is 0.217 e. The summed E-state index contributed by atoms with van der Waals surface area (Å²) >= 11 is 0. The van der Waals surface area contributed by atoms with Crippen molar-refractivity contribution in [2.24, 2.45) is 5.92 Å². The fourth-order valence-corrected chi connectivity index (χ4v) is 1.83. The number of rotatable bonds is 0. The van der Waals surface area contributed by atoms with E-state index in [1.165, 1.54) is 45.4 Å². The molecule has 0 aliphatic heterocycles. The smallest absolute Gasteiger partial charge is 0.217 e. The monoisotopic (exact) mass is 257 g/mol. The Kier molecular flexibility index (Phi) is 12.7. The van der Waals surface area contributed by atoms with Crippen LogP contribution in [0.1, 0.15) is 87.0 Å². The Hall–Kier alpha value is -0.530. The van der Waals surface area contributed by atoms with Gasteiger partial charge in [0, 0.05) is 12.5 Å². The van der Waals surface area contributed by atoms with Gasteiger partial charge in [-0.05, 0) is 26.7 Å². The third kappa shape index (κ3) is 20.8. The summed E-state index contributed by atoms with van der Waals surface area (Å²) < 4.78 is 0. The first-order valence-corrected chi connectivity index (χ1v) is 7.51. The Balaban J connectivity index is 0. The van der Waals surface area contributed by atoms with Gasteiger partial charge in [-0.1, -0.05) is 59.3 Å². The molecule has 0 spiro atoms. The molecular weight excluding hydrogens is 222 g/mol. The fourth-order valence-electron chi connectivity index (χ4n) is 1.83. The van der Waals surface area contributed by atoms with Crippen LogP contribution >= 0.6 is 0 Å². The van der Waals surface area contributed by atoms with Crippen molar-refractivity contribution in [1.29, 1.82) is 0 Å². The first kappa shape index (κ1) is 19.8. The van der Waals surface area contributed by atoms with Crippen LogP contribution in [-0.2, 0) is 4.79 Å². The highest BCUT2D eigenvalue weighted by Crippen LogP contribution is 2.22. The van der Waals surface area contributed by atoms with Gasteiger partial charge in [-0.2, -0.15) is 0 Å². The van der Waals surface area contributed by atoms with Gasteiger partial charge in [-0.3, -0.25) is 4.79 Å². The molecule has 0 atom stereocenters. The van der Waals surface area contributed by atoms with Gasteiger partial charge in [0.2, 0.25) is 5.91 Å². The number of amides is 1. The number of hydrogen-bond acceptors (Lipinski definition) is 1. The van der Waals surface area contributed by atoms with Crippen LogP contribution in [-0.4, -0.2) is 11.4 Å². The van der Waals surface area contributed by atoms with Crippen molar-refractivity contribution in [3.63, 3.8) is 0 Å². The standard InChI is InChI=1S/C7H14.C6H13NO.C3H8/c1-7-5-3-2-4-6-7;1-5(8)7-6(2,3)4;1-3-2/h7H,2-6H2,1H3;1-4H3,(H,7,8);3H2,1-2H3. The fraction of sp³-hybridized carbons (Fsp3) is 0.938. The van der Waals surface area contributed by atoms with Gasteiger partial charge < -0.3 is 5.32 Å². The molecule has 1 N–H and O–H groups in total. The van der Waals surface area contributed by atoms with Crippen LogP contribution in [0.3, 0.4) is 0 Å². The van der Waals surface area contributed by atoms with Crippen molar-refractivity contribution in [3.05, 3.63) is 0 Å².